The molecule has 1 atom stereocenters. The topological polar surface area (TPSA) is 75.4 Å². The van der Waals surface area contributed by atoms with Crippen LogP contribution in [0.3, 0.4) is 0 Å². The van der Waals surface area contributed by atoms with Crippen molar-refractivity contribution >= 4 is 11.9 Å². The van der Waals surface area contributed by atoms with Crippen LogP contribution in [-0.2, 0) is 11.8 Å². The molecule has 1 aliphatic heterocycles. The van der Waals surface area contributed by atoms with Gasteiger partial charge in [0.05, 0.1) is 17.7 Å². The van der Waals surface area contributed by atoms with Crippen molar-refractivity contribution in [2.24, 2.45) is 13.0 Å². The molecule has 2 rings (SSSR count). The van der Waals surface area contributed by atoms with Crippen molar-refractivity contribution in [3.05, 3.63) is 18.0 Å². The molecule has 1 N–H and O–H groups in total. The average Bonchev–Trinajstić information content (AvgIpc) is 2.75. The van der Waals surface area contributed by atoms with Crippen LogP contribution in [0.2, 0.25) is 0 Å². The van der Waals surface area contributed by atoms with Gasteiger partial charge in [0, 0.05) is 26.3 Å². The lowest BCUT2D eigenvalue weighted by Crippen LogP contribution is -2.42. The molecule has 1 aromatic heterocycles. The summed E-state index contributed by atoms with van der Waals surface area (Å²) in [4.78, 5) is 24.6. The van der Waals surface area contributed by atoms with E-state index in [9.17, 15) is 9.59 Å². The first-order valence-corrected chi connectivity index (χ1v) is 5.58. The highest BCUT2D eigenvalue weighted by Gasteiger charge is 2.28. The summed E-state index contributed by atoms with van der Waals surface area (Å²) in [6, 6.07) is 0. The first-order chi connectivity index (χ1) is 8.08. The Balaban J connectivity index is 2.07. The molecule has 17 heavy (non-hydrogen) atoms. The number of piperidine rings is 1. The van der Waals surface area contributed by atoms with Crippen LogP contribution >= 0.6 is 0 Å². The van der Waals surface area contributed by atoms with E-state index in [4.69, 9.17) is 5.11 Å². The SMILES string of the molecule is Cn1cc(C(=O)N2CCCC(C(=O)O)C2)cn1. The molecule has 6 nitrogen and oxygen atoms in total. The van der Waals surface area contributed by atoms with E-state index >= 15 is 0 Å². The Hall–Kier alpha value is -1.85. The minimum Gasteiger partial charge on any atom is -0.481 e. The second-order valence-corrected chi connectivity index (χ2v) is 4.33. The highest BCUT2D eigenvalue weighted by atomic mass is 16.4. The van der Waals surface area contributed by atoms with Crippen LogP contribution < -0.4 is 0 Å². The number of rotatable bonds is 2. The van der Waals surface area contributed by atoms with E-state index in [1.54, 1.807) is 22.8 Å². The van der Waals surface area contributed by atoms with Crippen molar-refractivity contribution in [3.63, 3.8) is 0 Å². The minimum absolute atomic E-state index is 0.135. The zero-order valence-corrected chi connectivity index (χ0v) is 9.67. The van der Waals surface area contributed by atoms with Gasteiger partial charge in [-0.2, -0.15) is 5.10 Å². The zero-order chi connectivity index (χ0) is 12.4. The number of carboxylic acids is 1. The number of aromatic nitrogens is 2. The minimum atomic E-state index is -0.825. The number of carboxylic acid groups (broad SMARTS) is 1. The summed E-state index contributed by atoms with van der Waals surface area (Å²) in [6.45, 7) is 0.917. The molecule has 1 aliphatic rings. The van der Waals surface area contributed by atoms with Gasteiger partial charge in [-0.25, -0.2) is 0 Å². The van der Waals surface area contributed by atoms with Gasteiger partial charge in [0.25, 0.3) is 5.91 Å². The van der Waals surface area contributed by atoms with Crippen LogP contribution in [0.5, 0.6) is 0 Å². The number of likely N-dealkylation sites (tertiary alicyclic amines) is 1. The summed E-state index contributed by atoms with van der Waals surface area (Å²) in [7, 11) is 1.74. The lowest BCUT2D eigenvalue weighted by molar-refractivity contribution is -0.143. The van der Waals surface area contributed by atoms with Gasteiger partial charge in [0.1, 0.15) is 0 Å². The monoisotopic (exact) mass is 237 g/mol. The molecule has 6 heteroatoms. The maximum atomic E-state index is 12.1. The predicted molar refractivity (Wildman–Crippen MR) is 59.5 cm³/mol. The lowest BCUT2D eigenvalue weighted by Gasteiger charge is -2.30. The zero-order valence-electron chi connectivity index (χ0n) is 9.67. The Morgan fingerprint density at radius 3 is 2.88 bits per heavy atom. The largest absolute Gasteiger partial charge is 0.481 e. The van der Waals surface area contributed by atoms with Gasteiger partial charge in [0.2, 0.25) is 0 Å². The molecule has 0 bridgehead atoms. The van der Waals surface area contributed by atoms with Gasteiger partial charge in [-0.15, -0.1) is 0 Å². The summed E-state index contributed by atoms with van der Waals surface area (Å²) in [5.41, 5.74) is 0.513. The van der Waals surface area contributed by atoms with E-state index in [1.807, 2.05) is 0 Å². The number of carbonyl (C=O) groups is 2. The van der Waals surface area contributed by atoms with E-state index in [1.165, 1.54) is 6.20 Å². The molecular weight excluding hydrogens is 222 g/mol. The van der Waals surface area contributed by atoms with Crippen LogP contribution in [0.4, 0.5) is 0 Å². The molecule has 1 fully saturated rings. The van der Waals surface area contributed by atoms with Crippen molar-refractivity contribution in [1.82, 2.24) is 14.7 Å². The third-order valence-electron chi connectivity index (χ3n) is 3.01. The summed E-state index contributed by atoms with van der Waals surface area (Å²) in [5, 5.41) is 12.9. The molecule has 0 aliphatic carbocycles. The summed E-state index contributed by atoms with van der Waals surface area (Å²) >= 11 is 0. The molecule has 0 spiro atoms. The first kappa shape index (κ1) is 11.6. The van der Waals surface area contributed by atoms with Crippen LogP contribution in [0.1, 0.15) is 23.2 Å². The van der Waals surface area contributed by atoms with Crippen molar-refractivity contribution in [3.8, 4) is 0 Å². The molecule has 2 heterocycles. The number of hydrogen-bond acceptors (Lipinski definition) is 3. The third-order valence-corrected chi connectivity index (χ3v) is 3.01. The number of amides is 1. The molecule has 92 valence electrons. The number of nitrogens with zero attached hydrogens (tertiary/aromatic N) is 3. The molecule has 1 saturated heterocycles. The highest BCUT2D eigenvalue weighted by Crippen LogP contribution is 2.18. The fraction of sp³-hybridized carbons (Fsp3) is 0.545. The van der Waals surface area contributed by atoms with E-state index in [0.29, 0.717) is 25.1 Å². The Kier molecular flexibility index (Phi) is 3.12. The van der Waals surface area contributed by atoms with Crippen LogP contribution in [0, 0.1) is 5.92 Å². The van der Waals surface area contributed by atoms with E-state index in [-0.39, 0.29) is 5.91 Å². The highest BCUT2D eigenvalue weighted by molar-refractivity contribution is 5.94. The number of carbonyl (C=O) groups excluding carboxylic acids is 1. The summed E-state index contributed by atoms with van der Waals surface area (Å²) < 4.78 is 1.56. The summed E-state index contributed by atoms with van der Waals surface area (Å²) in [5.74, 6) is -1.40. The smallest absolute Gasteiger partial charge is 0.308 e. The number of aliphatic carboxylic acids is 1. The number of hydrogen-bond donors (Lipinski definition) is 1. The van der Waals surface area contributed by atoms with Crippen LogP contribution in [-0.4, -0.2) is 44.8 Å². The van der Waals surface area contributed by atoms with Crippen LogP contribution in [0.25, 0.3) is 0 Å². The quantitative estimate of drug-likeness (QED) is 0.805. The molecule has 0 aromatic carbocycles. The van der Waals surface area contributed by atoms with Gasteiger partial charge in [-0.05, 0) is 12.8 Å². The molecule has 1 unspecified atom stereocenters. The van der Waals surface area contributed by atoms with Gasteiger partial charge in [-0.3, -0.25) is 14.3 Å². The Bertz CT molecular complexity index is 441. The van der Waals surface area contributed by atoms with Crippen molar-refractivity contribution in [1.29, 1.82) is 0 Å². The predicted octanol–water partition coefficient (Wildman–Crippen LogP) is 0.357. The second-order valence-electron chi connectivity index (χ2n) is 4.33. The van der Waals surface area contributed by atoms with Gasteiger partial charge < -0.3 is 10.0 Å². The Labute approximate surface area is 98.8 Å². The fourth-order valence-corrected chi connectivity index (χ4v) is 2.08. The normalized spacial score (nSPS) is 20.3. The van der Waals surface area contributed by atoms with E-state index in [0.717, 1.165) is 6.42 Å². The lowest BCUT2D eigenvalue weighted by atomic mass is 9.98. The summed E-state index contributed by atoms with van der Waals surface area (Å²) in [6.07, 6.45) is 4.54. The molecule has 0 saturated carbocycles. The Morgan fingerprint density at radius 2 is 2.29 bits per heavy atom. The Morgan fingerprint density at radius 1 is 1.53 bits per heavy atom. The van der Waals surface area contributed by atoms with Gasteiger partial charge in [-0.1, -0.05) is 0 Å². The standard InChI is InChI=1S/C11H15N3O3/c1-13-6-9(5-12-13)10(15)14-4-2-3-8(7-14)11(16)17/h5-6,8H,2-4,7H2,1H3,(H,16,17). The third kappa shape index (κ3) is 2.46. The fourth-order valence-electron chi connectivity index (χ4n) is 2.08. The maximum Gasteiger partial charge on any atom is 0.308 e. The second kappa shape index (κ2) is 4.57. The van der Waals surface area contributed by atoms with Crippen molar-refractivity contribution in [2.45, 2.75) is 12.8 Å². The molecule has 0 radical (unpaired) electrons. The van der Waals surface area contributed by atoms with Crippen LogP contribution in [0.15, 0.2) is 12.4 Å². The van der Waals surface area contributed by atoms with Gasteiger partial charge >= 0.3 is 5.97 Å². The first-order valence-electron chi connectivity index (χ1n) is 5.58. The molecule has 1 aromatic rings. The van der Waals surface area contributed by atoms with Crippen molar-refractivity contribution in [2.75, 3.05) is 13.1 Å². The average molecular weight is 237 g/mol. The van der Waals surface area contributed by atoms with E-state index < -0.39 is 11.9 Å². The number of aryl methyl sites for hydroxylation is 1. The maximum absolute atomic E-state index is 12.1. The van der Waals surface area contributed by atoms with Gasteiger partial charge in [0.15, 0.2) is 0 Å². The molecular formula is C11H15N3O3. The van der Waals surface area contributed by atoms with Crippen molar-refractivity contribution < 1.29 is 14.7 Å². The van der Waals surface area contributed by atoms with E-state index in [2.05, 4.69) is 5.10 Å². The molecule has 1 amide bonds.